The summed E-state index contributed by atoms with van der Waals surface area (Å²) < 4.78 is 13.9. The summed E-state index contributed by atoms with van der Waals surface area (Å²) in [5, 5.41) is 1.80. The molecule has 0 aliphatic rings. The number of carbonyl (C=O) groups excluding carboxylic acids is 1. The Kier molecular flexibility index (Phi) is 3.48. The lowest BCUT2D eigenvalue weighted by atomic mass is 9.97. The first-order valence-electron chi connectivity index (χ1n) is 6.56. The summed E-state index contributed by atoms with van der Waals surface area (Å²) in [6, 6.07) is 15.8. The minimum atomic E-state index is -0.249. The Balaban J connectivity index is 2.24. The van der Waals surface area contributed by atoms with E-state index in [2.05, 4.69) is 0 Å². The van der Waals surface area contributed by atoms with Crippen molar-refractivity contribution >= 4 is 28.2 Å². The average Bonchev–Trinajstić information content (AvgIpc) is 2.47. The van der Waals surface area contributed by atoms with Gasteiger partial charge in [0.05, 0.1) is 5.02 Å². The molecule has 0 spiro atoms. The number of benzene rings is 3. The smallest absolute Gasteiger partial charge is 0.161 e. The maximum absolute atomic E-state index is 13.9. The van der Waals surface area contributed by atoms with Crippen LogP contribution in [0.2, 0.25) is 5.02 Å². The molecular weight excluding hydrogens is 287 g/mol. The number of Topliss-reactive ketones (excluding diaryl/α,β-unsaturated/α-hetero) is 1. The van der Waals surface area contributed by atoms with Gasteiger partial charge >= 0.3 is 0 Å². The molecule has 3 rings (SSSR count). The van der Waals surface area contributed by atoms with Crippen LogP contribution in [0, 0.1) is 5.82 Å². The molecule has 0 radical (unpaired) electrons. The molecule has 0 aromatic heterocycles. The molecule has 0 amide bonds. The van der Waals surface area contributed by atoms with Crippen LogP contribution in [-0.2, 0) is 0 Å². The predicted octanol–water partition coefficient (Wildman–Crippen LogP) is 5.50. The third-order valence-electron chi connectivity index (χ3n) is 3.53. The molecule has 1 nitrogen and oxygen atoms in total. The van der Waals surface area contributed by atoms with Crippen molar-refractivity contribution < 1.29 is 9.18 Å². The van der Waals surface area contributed by atoms with Crippen molar-refractivity contribution in [2.24, 2.45) is 0 Å². The number of fused-ring (bicyclic) bond motifs is 1. The first kappa shape index (κ1) is 13.8. The van der Waals surface area contributed by atoms with Gasteiger partial charge in [-0.05, 0) is 41.6 Å². The molecular formula is C18H12ClFO. The maximum atomic E-state index is 13.9. The number of halogens is 2. The molecule has 0 saturated carbocycles. The number of hydrogen-bond acceptors (Lipinski definition) is 1. The van der Waals surface area contributed by atoms with E-state index in [9.17, 15) is 9.18 Å². The highest BCUT2D eigenvalue weighted by molar-refractivity contribution is 6.34. The lowest BCUT2D eigenvalue weighted by Crippen LogP contribution is -1.93. The summed E-state index contributed by atoms with van der Waals surface area (Å²) in [5.74, 6) is -0.323. The van der Waals surface area contributed by atoms with Crippen molar-refractivity contribution in [2.75, 3.05) is 0 Å². The minimum absolute atomic E-state index is 0.0736. The van der Waals surface area contributed by atoms with Gasteiger partial charge in [0.25, 0.3) is 0 Å². The molecule has 0 heterocycles. The summed E-state index contributed by atoms with van der Waals surface area (Å²) in [5.41, 5.74) is 2.25. The van der Waals surface area contributed by atoms with Gasteiger partial charge in [-0.2, -0.15) is 0 Å². The molecule has 0 saturated heterocycles. The highest BCUT2D eigenvalue weighted by Crippen LogP contribution is 2.32. The Hall–Kier alpha value is -2.19. The molecule has 21 heavy (non-hydrogen) atoms. The van der Waals surface area contributed by atoms with Gasteiger partial charge < -0.3 is 0 Å². The number of hydrogen-bond donors (Lipinski definition) is 0. The molecule has 104 valence electrons. The summed E-state index contributed by atoms with van der Waals surface area (Å²) in [6.45, 7) is 1.48. The zero-order valence-corrected chi connectivity index (χ0v) is 12.1. The van der Waals surface area contributed by atoms with Gasteiger partial charge in [-0.3, -0.25) is 4.79 Å². The van der Waals surface area contributed by atoms with E-state index in [-0.39, 0.29) is 11.6 Å². The van der Waals surface area contributed by atoms with Crippen LogP contribution in [0.15, 0.2) is 54.6 Å². The molecule has 3 aromatic carbocycles. The fourth-order valence-electron chi connectivity index (χ4n) is 2.48. The fourth-order valence-corrected chi connectivity index (χ4v) is 2.80. The SMILES string of the molecule is CC(=O)c1ccc(-c2ccc(F)c3ccccc23)cc1Cl. The van der Waals surface area contributed by atoms with E-state index in [4.69, 9.17) is 11.6 Å². The van der Waals surface area contributed by atoms with Crippen molar-refractivity contribution in [3.63, 3.8) is 0 Å². The molecule has 0 aliphatic heterocycles. The van der Waals surface area contributed by atoms with Crippen molar-refractivity contribution in [1.82, 2.24) is 0 Å². The van der Waals surface area contributed by atoms with E-state index in [1.54, 1.807) is 30.3 Å². The van der Waals surface area contributed by atoms with Gasteiger partial charge in [0.1, 0.15) is 5.82 Å². The highest BCUT2D eigenvalue weighted by Gasteiger charge is 2.10. The first-order chi connectivity index (χ1) is 10.1. The maximum Gasteiger partial charge on any atom is 0.161 e. The largest absolute Gasteiger partial charge is 0.294 e. The van der Waals surface area contributed by atoms with Crippen LogP contribution in [0.4, 0.5) is 4.39 Å². The van der Waals surface area contributed by atoms with E-state index in [0.717, 1.165) is 16.5 Å². The van der Waals surface area contributed by atoms with Crippen molar-refractivity contribution in [2.45, 2.75) is 6.92 Å². The molecule has 0 N–H and O–H groups in total. The summed E-state index contributed by atoms with van der Waals surface area (Å²) >= 11 is 6.16. The van der Waals surface area contributed by atoms with Gasteiger partial charge in [0.2, 0.25) is 0 Å². The van der Waals surface area contributed by atoms with E-state index < -0.39 is 0 Å². The van der Waals surface area contributed by atoms with E-state index >= 15 is 0 Å². The number of carbonyl (C=O) groups is 1. The Morgan fingerprint density at radius 1 is 1.00 bits per heavy atom. The lowest BCUT2D eigenvalue weighted by Gasteiger charge is -2.09. The third kappa shape index (κ3) is 2.43. The molecule has 0 unspecified atom stereocenters. The van der Waals surface area contributed by atoms with Crippen LogP contribution in [0.3, 0.4) is 0 Å². The Morgan fingerprint density at radius 3 is 2.38 bits per heavy atom. The lowest BCUT2D eigenvalue weighted by molar-refractivity contribution is 0.101. The van der Waals surface area contributed by atoms with Gasteiger partial charge in [-0.1, -0.05) is 48.0 Å². The number of ketones is 1. The summed E-state index contributed by atoms with van der Waals surface area (Å²) in [4.78, 5) is 11.4. The Morgan fingerprint density at radius 2 is 1.71 bits per heavy atom. The van der Waals surface area contributed by atoms with Crippen LogP contribution in [0.5, 0.6) is 0 Å². The quantitative estimate of drug-likeness (QED) is 0.571. The summed E-state index contributed by atoms with van der Waals surface area (Å²) in [7, 11) is 0. The van der Waals surface area contributed by atoms with E-state index in [1.165, 1.54) is 13.0 Å². The Labute approximate surface area is 127 Å². The van der Waals surface area contributed by atoms with Gasteiger partial charge in [0.15, 0.2) is 5.78 Å². The van der Waals surface area contributed by atoms with Crippen LogP contribution in [0.1, 0.15) is 17.3 Å². The van der Waals surface area contributed by atoms with Gasteiger partial charge in [0, 0.05) is 10.9 Å². The van der Waals surface area contributed by atoms with E-state index in [1.807, 2.05) is 18.2 Å². The van der Waals surface area contributed by atoms with Gasteiger partial charge in [-0.15, -0.1) is 0 Å². The van der Waals surface area contributed by atoms with Crippen molar-refractivity contribution in [3.05, 3.63) is 71.0 Å². The normalized spacial score (nSPS) is 10.8. The minimum Gasteiger partial charge on any atom is -0.294 e. The molecule has 3 heteroatoms. The van der Waals surface area contributed by atoms with E-state index in [0.29, 0.717) is 16.0 Å². The molecule has 0 atom stereocenters. The third-order valence-corrected chi connectivity index (χ3v) is 3.84. The molecule has 0 fully saturated rings. The van der Waals surface area contributed by atoms with Crippen LogP contribution in [0.25, 0.3) is 21.9 Å². The monoisotopic (exact) mass is 298 g/mol. The second-order valence-corrected chi connectivity index (χ2v) is 5.30. The van der Waals surface area contributed by atoms with Crippen LogP contribution >= 0.6 is 11.6 Å². The zero-order valence-electron chi connectivity index (χ0n) is 11.4. The van der Waals surface area contributed by atoms with Crippen LogP contribution < -0.4 is 0 Å². The molecule has 0 aliphatic carbocycles. The molecule has 0 bridgehead atoms. The standard InChI is InChI=1S/C18H12ClFO/c1-11(21)13-7-6-12(10-17(13)19)14-8-9-18(20)16-5-3-2-4-15(14)16/h2-10H,1H3. The zero-order chi connectivity index (χ0) is 15.0. The summed E-state index contributed by atoms with van der Waals surface area (Å²) in [6.07, 6.45) is 0. The van der Waals surface area contributed by atoms with Crippen molar-refractivity contribution in [1.29, 1.82) is 0 Å². The second-order valence-electron chi connectivity index (χ2n) is 4.89. The average molecular weight is 299 g/mol. The van der Waals surface area contributed by atoms with Crippen molar-refractivity contribution in [3.8, 4) is 11.1 Å². The van der Waals surface area contributed by atoms with Crippen LogP contribution in [-0.4, -0.2) is 5.78 Å². The fraction of sp³-hybridized carbons (Fsp3) is 0.0556. The number of rotatable bonds is 2. The first-order valence-corrected chi connectivity index (χ1v) is 6.94. The predicted molar refractivity (Wildman–Crippen MR) is 84.4 cm³/mol. The highest BCUT2D eigenvalue weighted by atomic mass is 35.5. The Bertz CT molecular complexity index is 855. The van der Waals surface area contributed by atoms with Gasteiger partial charge in [-0.25, -0.2) is 4.39 Å². The second kappa shape index (κ2) is 5.30. The topological polar surface area (TPSA) is 17.1 Å². The molecule has 3 aromatic rings.